The zero-order valence-electron chi connectivity index (χ0n) is 24.0. The number of aryl methyl sites for hydroxylation is 1. The number of nitrogens with one attached hydrogen (secondary N) is 1. The maximum absolute atomic E-state index is 5.48. The van der Waals surface area contributed by atoms with Gasteiger partial charge in [-0.25, -0.2) is 0 Å². The number of hydrogen-bond donors (Lipinski definition) is 1. The van der Waals surface area contributed by atoms with Gasteiger partial charge in [-0.3, -0.25) is 0 Å². The van der Waals surface area contributed by atoms with Crippen LogP contribution in [0.2, 0.25) is 0 Å². The Kier molecular flexibility index (Phi) is 6.40. The molecule has 6 unspecified atom stereocenters. The van der Waals surface area contributed by atoms with Crippen LogP contribution < -0.4 is 10.1 Å². The fraction of sp³-hybridized carbons (Fsp3) is 0.657. The minimum absolute atomic E-state index is 0.455. The molecule has 2 aromatic carbocycles. The molecule has 8 rings (SSSR count). The molecule has 204 valence electrons. The lowest BCUT2D eigenvalue weighted by atomic mass is 9.52. The third kappa shape index (κ3) is 3.82. The summed E-state index contributed by atoms with van der Waals surface area (Å²) in [7, 11) is 4.13. The fourth-order valence-corrected chi connectivity index (χ4v) is 10.3. The van der Waals surface area contributed by atoms with Crippen LogP contribution >= 0.6 is 0 Å². The third-order valence-electron chi connectivity index (χ3n) is 12.1. The van der Waals surface area contributed by atoms with Crippen LogP contribution in [0.4, 0.5) is 0 Å². The van der Waals surface area contributed by atoms with Gasteiger partial charge in [0.25, 0.3) is 0 Å². The van der Waals surface area contributed by atoms with Gasteiger partial charge < -0.3 is 15.0 Å². The summed E-state index contributed by atoms with van der Waals surface area (Å²) in [5.41, 5.74) is 9.02. The molecule has 3 nitrogen and oxygen atoms in total. The molecule has 2 saturated carbocycles. The zero-order chi connectivity index (χ0) is 25.9. The highest BCUT2D eigenvalue weighted by atomic mass is 16.5. The predicted octanol–water partition coefficient (Wildman–Crippen LogP) is 6.72. The molecule has 2 heterocycles. The molecule has 3 heteroatoms. The number of benzene rings is 2. The third-order valence-corrected chi connectivity index (χ3v) is 12.1. The molecule has 6 aliphatic rings. The van der Waals surface area contributed by atoms with Crippen molar-refractivity contribution < 1.29 is 4.74 Å². The van der Waals surface area contributed by atoms with Crippen molar-refractivity contribution in [3.8, 4) is 5.75 Å². The lowest BCUT2D eigenvalue weighted by molar-refractivity contribution is 0.00283. The zero-order valence-corrected chi connectivity index (χ0v) is 24.0. The van der Waals surface area contributed by atoms with Crippen molar-refractivity contribution in [2.24, 2.45) is 11.8 Å². The van der Waals surface area contributed by atoms with Gasteiger partial charge in [0.1, 0.15) is 5.75 Å². The number of hydrogen-bond acceptors (Lipinski definition) is 3. The van der Waals surface area contributed by atoms with Crippen molar-refractivity contribution >= 4 is 0 Å². The summed E-state index contributed by atoms with van der Waals surface area (Å²) in [6.07, 6.45) is 16.6. The minimum atomic E-state index is 0.455. The molecule has 2 saturated heterocycles. The van der Waals surface area contributed by atoms with Crippen LogP contribution in [0.5, 0.6) is 5.75 Å². The minimum Gasteiger partial charge on any atom is -0.497 e. The second-order valence-electron chi connectivity index (χ2n) is 13.7. The van der Waals surface area contributed by atoms with Gasteiger partial charge in [-0.1, -0.05) is 55.5 Å². The van der Waals surface area contributed by atoms with Gasteiger partial charge in [0.15, 0.2) is 0 Å². The molecule has 0 aromatic heterocycles. The van der Waals surface area contributed by atoms with E-state index in [-0.39, 0.29) is 0 Å². The summed E-state index contributed by atoms with van der Waals surface area (Å²) < 4.78 is 5.48. The van der Waals surface area contributed by atoms with E-state index in [1.807, 2.05) is 0 Å². The van der Waals surface area contributed by atoms with E-state index < -0.39 is 0 Å². The van der Waals surface area contributed by atoms with Crippen LogP contribution in [-0.2, 0) is 23.7 Å². The van der Waals surface area contributed by atoms with Gasteiger partial charge in [0.2, 0.25) is 0 Å². The average Bonchev–Trinajstić information content (AvgIpc) is 2.95. The smallest absolute Gasteiger partial charge is 0.119 e. The van der Waals surface area contributed by atoms with Crippen LogP contribution in [-0.4, -0.2) is 44.2 Å². The Morgan fingerprint density at radius 3 is 2.34 bits per heavy atom. The Bertz CT molecular complexity index is 1190. The van der Waals surface area contributed by atoms with E-state index in [1.165, 1.54) is 95.7 Å². The maximum Gasteiger partial charge on any atom is 0.119 e. The monoisotopic (exact) mass is 512 g/mol. The average molecular weight is 513 g/mol. The molecule has 0 radical (unpaired) electrons. The van der Waals surface area contributed by atoms with Crippen molar-refractivity contribution in [3.63, 3.8) is 0 Å². The number of likely N-dealkylation sites (N-methyl/N-ethyl adjacent to an activating group) is 1. The van der Waals surface area contributed by atoms with Gasteiger partial charge in [-0.15, -0.1) is 0 Å². The normalized spacial score (nSPS) is 36.9. The van der Waals surface area contributed by atoms with E-state index in [0.717, 1.165) is 29.7 Å². The Balaban J connectivity index is 0.000000127. The predicted molar refractivity (Wildman–Crippen MR) is 156 cm³/mol. The first-order valence-electron chi connectivity index (χ1n) is 15.8. The van der Waals surface area contributed by atoms with Gasteiger partial charge in [0, 0.05) is 22.9 Å². The largest absolute Gasteiger partial charge is 0.497 e. The van der Waals surface area contributed by atoms with Crippen molar-refractivity contribution in [2.45, 2.75) is 107 Å². The number of rotatable bonds is 1. The Labute approximate surface area is 230 Å². The van der Waals surface area contributed by atoms with E-state index >= 15 is 0 Å². The molecule has 2 aromatic rings. The van der Waals surface area contributed by atoms with Crippen LogP contribution in [0.25, 0.3) is 0 Å². The number of piperidine rings is 2. The molecule has 0 spiro atoms. The quantitative estimate of drug-likeness (QED) is 0.459. The Morgan fingerprint density at radius 2 is 1.53 bits per heavy atom. The molecule has 1 N–H and O–H groups in total. The summed E-state index contributed by atoms with van der Waals surface area (Å²) in [6.45, 7) is 4.75. The molecule has 0 amide bonds. The summed E-state index contributed by atoms with van der Waals surface area (Å²) >= 11 is 0. The number of ether oxygens (including phenoxy) is 1. The van der Waals surface area contributed by atoms with Crippen LogP contribution in [0.15, 0.2) is 36.4 Å². The second kappa shape index (κ2) is 9.66. The molecule has 38 heavy (non-hydrogen) atoms. The Hall–Kier alpha value is -1.84. The molecular formula is C35H48N2O. The van der Waals surface area contributed by atoms with Crippen molar-refractivity contribution in [1.82, 2.24) is 10.2 Å². The molecule has 4 fully saturated rings. The van der Waals surface area contributed by atoms with Gasteiger partial charge in [-0.05, 0) is 125 Å². The van der Waals surface area contributed by atoms with Gasteiger partial charge >= 0.3 is 0 Å². The highest BCUT2D eigenvalue weighted by Gasteiger charge is 2.53. The molecule has 6 atom stereocenters. The topological polar surface area (TPSA) is 24.5 Å². The number of methoxy groups -OCH3 is 1. The summed E-state index contributed by atoms with van der Waals surface area (Å²) in [4.78, 5) is 2.65. The SMILES string of the molecule is COc1ccc2c(c1)C13CCCCC1C(C2)NCC3.Cc1ccc2c(c1)C13CCCCC1C(C2)N(C)CC3. The van der Waals surface area contributed by atoms with Crippen LogP contribution in [0, 0.1) is 18.8 Å². The standard InChI is InChI=1S/C18H25N.C17H23NO/c1-13-6-7-14-12-17-15-5-3-4-8-18(15,16(14)11-13)9-10-19(17)2;1-19-13-6-5-12-10-16-14-4-2-3-7-17(14,8-9-18-16)15(12)11-13/h6-7,11,15,17H,3-5,8-10,12H2,1-2H3;5-6,11,14,16,18H,2-4,7-10H2,1H3. The lowest BCUT2D eigenvalue weighted by Gasteiger charge is -2.58. The van der Waals surface area contributed by atoms with E-state index in [0.29, 0.717) is 10.8 Å². The Morgan fingerprint density at radius 1 is 0.816 bits per heavy atom. The van der Waals surface area contributed by atoms with E-state index in [1.54, 1.807) is 29.4 Å². The number of nitrogens with zero attached hydrogens (tertiary/aromatic N) is 1. The number of fused-ring (bicyclic) bond motifs is 2. The van der Waals surface area contributed by atoms with Crippen molar-refractivity contribution in [3.05, 3.63) is 64.2 Å². The van der Waals surface area contributed by atoms with Crippen molar-refractivity contribution in [2.75, 3.05) is 27.2 Å². The van der Waals surface area contributed by atoms with E-state index in [2.05, 4.69) is 60.6 Å². The van der Waals surface area contributed by atoms with Crippen molar-refractivity contribution in [1.29, 1.82) is 0 Å². The first-order chi connectivity index (χ1) is 18.5. The van der Waals surface area contributed by atoms with Crippen LogP contribution in [0.3, 0.4) is 0 Å². The van der Waals surface area contributed by atoms with E-state index in [4.69, 9.17) is 4.74 Å². The van der Waals surface area contributed by atoms with E-state index in [9.17, 15) is 0 Å². The second-order valence-corrected chi connectivity index (χ2v) is 13.7. The molecule has 4 bridgehead atoms. The highest BCUT2D eigenvalue weighted by Crippen LogP contribution is 2.56. The van der Waals surface area contributed by atoms with Gasteiger partial charge in [0.05, 0.1) is 7.11 Å². The molecule has 4 aliphatic carbocycles. The lowest BCUT2D eigenvalue weighted by Crippen LogP contribution is -2.59. The first kappa shape index (κ1) is 25.1. The molecular weight excluding hydrogens is 464 g/mol. The highest BCUT2D eigenvalue weighted by molar-refractivity contribution is 5.46. The van der Waals surface area contributed by atoms with Crippen LogP contribution in [0.1, 0.15) is 92.0 Å². The summed E-state index contributed by atoms with van der Waals surface area (Å²) in [5.74, 6) is 2.82. The number of likely N-dealkylation sites (tertiary alicyclic amines) is 1. The summed E-state index contributed by atoms with van der Waals surface area (Å²) in [5, 5.41) is 3.78. The summed E-state index contributed by atoms with van der Waals surface area (Å²) in [6, 6.07) is 15.6. The molecule has 2 aliphatic heterocycles. The van der Waals surface area contributed by atoms with Gasteiger partial charge in [-0.2, -0.15) is 0 Å². The fourth-order valence-electron chi connectivity index (χ4n) is 10.3. The maximum atomic E-state index is 5.48. The first-order valence-corrected chi connectivity index (χ1v) is 15.8.